The highest BCUT2D eigenvalue weighted by Gasteiger charge is 2.23. The van der Waals surface area contributed by atoms with Crippen LogP contribution in [0.25, 0.3) is 10.8 Å². The number of ether oxygens (including phenoxy) is 2. The summed E-state index contributed by atoms with van der Waals surface area (Å²) in [6.07, 6.45) is 0.203. The maximum absolute atomic E-state index is 11.4. The Kier molecular flexibility index (Phi) is 4.70. The summed E-state index contributed by atoms with van der Waals surface area (Å²) in [5.41, 5.74) is 0.825. The Bertz CT molecular complexity index is 860. The van der Waals surface area contributed by atoms with E-state index in [4.69, 9.17) is 14.0 Å². The molecule has 24 heavy (non-hydrogen) atoms. The molecule has 0 bridgehead atoms. The number of carbonyl (C=O) groups excluding carboxylic acids is 1. The number of fused-ring (bicyclic) bond motifs is 1. The van der Waals surface area contributed by atoms with Crippen molar-refractivity contribution >= 4 is 26.8 Å². The first-order valence-corrected chi connectivity index (χ1v) is 8.99. The number of nitrogens with one attached hydrogen (secondary N) is 1. The number of hydrogen-bond donors (Lipinski definition) is 2. The van der Waals surface area contributed by atoms with E-state index in [-0.39, 0.29) is 12.6 Å². The van der Waals surface area contributed by atoms with Crippen LogP contribution < -0.4 is 10.1 Å². The number of rotatable bonds is 7. The smallest absolute Gasteiger partial charge is 0.274 e. The molecule has 1 atom stereocenters. The molecule has 0 aliphatic carbocycles. The predicted molar refractivity (Wildman–Crippen MR) is 87.4 cm³/mol. The molecule has 2 N–H and O–H groups in total. The quantitative estimate of drug-likeness (QED) is 0.572. The van der Waals surface area contributed by atoms with Gasteiger partial charge in [0.1, 0.15) is 18.5 Å². The fraction of sp³-hybridized carbons (Fsp3) is 0.312. The summed E-state index contributed by atoms with van der Waals surface area (Å²) in [7, 11) is -4.31. The van der Waals surface area contributed by atoms with Crippen molar-refractivity contribution < 1.29 is 27.2 Å². The maximum Gasteiger partial charge on any atom is 0.274 e. The average molecular weight is 351 g/mol. The Balaban J connectivity index is 1.62. The van der Waals surface area contributed by atoms with E-state index >= 15 is 0 Å². The number of benzene rings is 2. The Hall–Kier alpha value is -2.16. The average Bonchev–Trinajstić information content (AvgIpc) is 3.33. The van der Waals surface area contributed by atoms with Crippen molar-refractivity contribution in [3.05, 3.63) is 42.0 Å². The molecular weight excluding hydrogens is 334 g/mol. The van der Waals surface area contributed by atoms with Crippen LogP contribution >= 0.6 is 0 Å². The number of hydrogen-bond acceptors (Lipinski definition) is 5. The van der Waals surface area contributed by atoms with Crippen molar-refractivity contribution in [2.75, 3.05) is 19.0 Å². The van der Waals surface area contributed by atoms with E-state index in [9.17, 15) is 13.2 Å². The van der Waals surface area contributed by atoms with Crippen molar-refractivity contribution in [3.8, 4) is 5.75 Å². The largest absolute Gasteiger partial charge is 0.491 e. The molecule has 1 aliphatic heterocycles. The SMILES string of the molecule is O=C(CS(=O)(=O)O)NCc1ccc2cc(OCC3CO3)ccc2c1. The van der Waals surface area contributed by atoms with Gasteiger partial charge in [0.2, 0.25) is 5.91 Å². The molecule has 1 unspecified atom stereocenters. The molecule has 128 valence electrons. The van der Waals surface area contributed by atoms with Crippen LogP contribution in [0.15, 0.2) is 36.4 Å². The molecule has 1 fully saturated rings. The second kappa shape index (κ2) is 6.76. The van der Waals surface area contributed by atoms with Gasteiger partial charge in [-0.15, -0.1) is 0 Å². The van der Waals surface area contributed by atoms with Crippen LogP contribution in [0.3, 0.4) is 0 Å². The molecule has 0 radical (unpaired) electrons. The molecule has 0 aromatic heterocycles. The third-order valence-corrected chi connectivity index (χ3v) is 4.14. The Morgan fingerprint density at radius 1 is 1.25 bits per heavy atom. The fourth-order valence-corrected chi connectivity index (χ4v) is 2.68. The summed E-state index contributed by atoms with van der Waals surface area (Å²) in [6.45, 7) is 1.48. The molecule has 2 aromatic carbocycles. The summed E-state index contributed by atoms with van der Waals surface area (Å²) in [6, 6.07) is 11.4. The van der Waals surface area contributed by atoms with Crippen LogP contribution in [-0.2, 0) is 26.2 Å². The number of epoxide rings is 1. The van der Waals surface area contributed by atoms with Crippen LogP contribution in [0.5, 0.6) is 5.75 Å². The first kappa shape index (κ1) is 16.7. The lowest BCUT2D eigenvalue weighted by atomic mass is 10.1. The maximum atomic E-state index is 11.4. The van der Waals surface area contributed by atoms with Gasteiger partial charge in [0, 0.05) is 6.54 Å². The van der Waals surface area contributed by atoms with Gasteiger partial charge in [0.05, 0.1) is 6.61 Å². The first-order chi connectivity index (χ1) is 11.4. The van der Waals surface area contributed by atoms with Crippen LogP contribution in [0.1, 0.15) is 5.56 Å². The summed E-state index contributed by atoms with van der Waals surface area (Å²) in [5.74, 6) is -0.915. The molecule has 1 saturated heterocycles. The van der Waals surface area contributed by atoms with Gasteiger partial charge in [-0.25, -0.2) is 0 Å². The second-order valence-electron chi connectivity index (χ2n) is 5.61. The fourth-order valence-electron chi connectivity index (χ4n) is 2.24. The van der Waals surface area contributed by atoms with E-state index in [0.29, 0.717) is 6.61 Å². The highest BCUT2D eigenvalue weighted by Crippen LogP contribution is 2.23. The van der Waals surface area contributed by atoms with E-state index in [0.717, 1.165) is 28.7 Å². The highest BCUT2D eigenvalue weighted by atomic mass is 32.2. The molecular formula is C16H17NO6S. The summed E-state index contributed by atoms with van der Waals surface area (Å²) in [4.78, 5) is 11.4. The lowest BCUT2D eigenvalue weighted by Gasteiger charge is -2.08. The molecule has 7 nitrogen and oxygen atoms in total. The van der Waals surface area contributed by atoms with Gasteiger partial charge in [-0.3, -0.25) is 9.35 Å². The van der Waals surface area contributed by atoms with Gasteiger partial charge in [-0.1, -0.05) is 18.2 Å². The third-order valence-electron chi connectivity index (χ3n) is 3.52. The lowest BCUT2D eigenvalue weighted by molar-refractivity contribution is -0.118. The van der Waals surface area contributed by atoms with Crippen molar-refractivity contribution in [1.29, 1.82) is 0 Å². The van der Waals surface area contributed by atoms with Crippen molar-refractivity contribution in [2.24, 2.45) is 0 Å². The molecule has 1 amide bonds. The zero-order valence-corrected chi connectivity index (χ0v) is 13.6. The van der Waals surface area contributed by atoms with E-state index in [1.165, 1.54) is 0 Å². The molecule has 0 saturated carbocycles. The lowest BCUT2D eigenvalue weighted by Crippen LogP contribution is -2.29. The third kappa shape index (κ3) is 4.92. The molecule has 2 aromatic rings. The zero-order chi connectivity index (χ0) is 17.2. The monoisotopic (exact) mass is 351 g/mol. The van der Waals surface area contributed by atoms with Crippen LogP contribution in [0.2, 0.25) is 0 Å². The first-order valence-electron chi connectivity index (χ1n) is 7.38. The van der Waals surface area contributed by atoms with Crippen LogP contribution in [0.4, 0.5) is 0 Å². The van der Waals surface area contributed by atoms with Crippen molar-refractivity contribution in [1.82, 2.24) is 5.32 Å². The molecule has 1 heterocycles. The second-order valence-corrected chi connectivity index (χ2v) is 7.07. The minimum atomic E-state index is -4.31. The minimum absolute atomic E-state index is 0.182. The van der Waals surface area contributed by atoms with E-state index < -0.39 is 21.8 Å². The van der Waals surface area contributed by atoms with E-state index in [2.05, 4.69) is 5.32 Å². The number of carbonyl (C=O) groups is 1. The normalized spacial score (nSPS) is 16.8. The molecule has 8 heteroatoms. The van der Waals surface area contributed by atoms with Crippen molar-refractivity contribution in [2.45, 2.75) is 12.6 Å². The Labute approximate surface area is 139 Å². The molecule has 1 aliphatic rings. The predicted octanol–water partition coefficient (Wildman–Crippen LogP) is 1.12. The molecule has 3 rings (SSSR count). The van der Waals surface area contributed by atoms with Gasteiger partial charge in [-0.05, 0) is 34.5 Å². The van der Waals surface area contributed by atoms with E-state index in [1.807, 2.05) is 36.4 Å². The minimum Gasteiger partial charge on any atom is -0.491 e. The highest BCUT2D eigenvalue weighted by molar-refractivity contribution is 7.86. The van der Waals surface area contributed by atoms with Gasteiger partial charge in [-0.2, -0.15) is 8.42 Å². The van der Waals surface area contributed by atoms with Gasteiger partial charge in [0.15, 0.2) is 5.75 Å². The van der Waals surface area contributed by atoms with Gasteiger partial charge >= 0.3 is 0 Å². The topological polar surface area (TPSA) is 105 Å². The Morgan fingerprint density at radius 2 is 1.96 bits per heavy atom. The summed E-state index contributed by atoms with van der Waals surface area (Å²) >= 11 is 0. The van der Waals surface area contributed by atoms with Gasteiger partial charge < -0.3 is 14.8 Å². The van der Waals surface area contributed by atoms with Gasteiger partial charge in [0.25, 0.3) is 10.1 Å². The summed E-state index contributed by atoms with van der Waals surface area (Å²) < 4.78 is 40.6. The Morgan fingerprint density at radius 3 is 2.67 bits per heavy atom. The van der Waals surface area contributed by atoms with Crippen LogP contribution in [-0.4, -0.2) is 43.9 Å². The standard InChI is InChI=1S/C16H17NO6S/c18-16(10-24(19,20)21)17-7-11-1-2-13-6-14(4-3-12(13)5-11)22-8-15-9-23-15/h1-6,15H,7-10H2,(H,17,18)(H,19,20,21). The zero-order valence-electron chi connectivity index (χ0n) is 12.8. The van der Waals surface area contributed by atoms with Crippen LogP contribution in [0, 0.1) is 0 Å². The van der Waals surface area contributed by atoms with Crippen molar-refractivity contribution in [3.63, 3.8) is 0 Å². The van der Waals surface area contributed by atoms with E-state index in [1.54, 1.807) is 0 Å². The molecule has 0 spiro atoms. The summed E-state index contributed by atoms with van der Waals surface area (Å²) in [5, 5.41) is 4.43. The number of amides is 1.